The Hall–Kier alpha value is -1.51. The van der Waals surface area contributed by atoms with Gasteiger partial charge in [0.05, 0.1) is 13.2 Å². The Labute approximate surface area is 103 Å². The molecule has 0 spiro atoms. The molecule has 1 rings (SSSR count). The van der Waals surface area contributed by atoms with Gasteiger partial charge in [-0.3, -0.25) is 4.79 Å². The molecule has 0 fully saturated rings. The Morgan fingerprint density at radius 3 is 2.59 bits per heavy atom. The average Bonchev–Trinajstić information content (AvgIpc) is 2.36. The maximum Gasteiger partial charge on any atom is 0.305 e. The van der Waals surface area contributed by atoms with Crippen LogP contribution in [0.25, 0.3) is 0 Å². The van der Waals surface area contributed by atoms with Crippen LogP contribution in [-0.4, -0.2) is 19.2 Å². The molecular weight excluding hydrogens is 216 g/mol. The van der Waals surface area contributed by atoms with E-state index in [4.69, 9.17) is 9.47 Å². The number of unbranched alkanes of at least 4 members (excludes halogenated alkanes) is 1. The fraction of sp³-hybridized carbons (Fsp3) is 0.500. The number of rotatable bonds is 8. The molecule has 1 aromatic rings. The van der Waals surface area contributed by atoms with Gasteiger partial charge in [0.2, 0.25) is 0 Å². The molecule has 3 heteroatoms. The van der Waals surface area contributed by atoms with Crippen LogP contribution in [0.5, 0.6) is 5.75 Å². The van der Waals surface area contributed by atoms with E-state index < -0.39 is 0 Å². The first-order chi connectivity index (χ1) is 8.33. The number of carbonyl (C=O) groups is 1. The topological polar surface area (TPSA) is 35.5 Å². The van der Waals surface area contributed by atoms with Crippen LogP contribution in [0.4, 0.5) is 0 Å². The third kappa shape index (κ3) is 6.61. The average molecular weight is 236 g/mol. The quantitative estimate of drug-likeness (QED) is 0.513. The minimum Gasteiger partial charge on any atom is -0.494 e. The molecule has 0 atom stereocenters. The second-order valence-electron chi connectivity index (χ2n) is 3.84. The van der Waals surface area contributed by atoms with E-state index in [-0.39, 0.29) is 5.97 Å². The van der Waals surface area contributed by atoms with Crippen molar-refractivity contribution in [2.24, 2.45) is 0 Å². The Morgan fingerprint density at radius 1 is 1.12 bits per heavy atom. The molecule has 0 aliphatic carbocycles. The molecule has 0 bridgehead atoms. The van der Waals surface area contributed by atoms with Crippen molar-refractivity contribution in [1.82, 2.24) is 0 Å². The molecule has 3 nitrogen and oxygen atoms in total. The summed E-state index contributed by atoms with van der Waals surface area (Å²) in [5, 5.41) is 0. The number of para-hydroxylation sites is 1. The van der Waals surface area contributed by atoms with Crippen molar-refractivity contribution in [3.63, 3.8) is 0 Å². The highest BCUT2D eigenvalue weighted by atomic mass is 16.5. The van der Waals surface area contributed by atoms with Gasteiger partial charge in [0, 0.05) is 6.42 Å². The second-order valence-corrected chi connectivity index (χ2v) is 3.84. The van der Waals surface area contributed by atoms with Crippen LogP contribution >= 0.6 is 0 Å². The summed E-state index contributed by atoms with van der Waals surface area (Å²) in [6, 6.07) is 9.60. The summed E-state index contributed by atoms with van der Waals surface area (Å²) in [4.78, 5) is 11.3. The fourth-order valence-electron chi connectivity index (χ4n) is 1.33. The molecule has 0 aliphatic heterocycles. The van der Waals surface area contributed by atoms with E-state index in [9.17, 15) is 4.79 Å². The van der Waals surface area contributed by atoms with Gasteiger partial charge in [-0.2, -0.15) is 0 Å². The van der Waals surface area contributed by atoms with Crippen molar-refractivity contribution in [1.29, 1.82) is 0 Å². The first-order valence-corrected chi connectivity index (χ1v) is 6.16. The van der Waals surface area contributed by atoms with E-state index >= 15 is 0 Å². The molecule has 1 aromatic carbocycles. The molecule has 0 unspecified atom stereocenters. The maximum atomic E-state index is 11.3. The highest BCUT2D eigenvalue weighted by molar-refractivity contribution is 5.69. The third-order valence-electron chi connectivity index (χ3n) is 2.30. The first kappa shape index (κ1) is 13.6. The molecule has 0 amide bonds. The molecule has 0 aromatic heterocycles. The van der Waals surface area contributed by atoms with Gasteiger partial charge in [-0.25, -0.2) is 0 Å². The number of ether oxygens (including phenoxy) is 2. The van der Waals surface area contributed by atoms with Crippen LogP contribution in [-0.2, 0) is 9.53 Å². The molecule has 0 saturated carbocycles. The van der Waals surface area contributed by atoms with Crippen LogP contribution in [0.1, 0.15) is 32.6 Å². The van der Waals surface area contributed by atoms with Crippen molar-refractivity contribution in [2.75, 3.05) is 13.2 Å². The number of hydrogen-bond donors (Lipinski definition) is 0. The SMILES string of the molecule is CCCCOC(=O)CCCOc1ccccc1. The van der Waals surface area contributed by atoms with Gasteiger partial charge in [0.15, 0.2) is 0 Å². The van der Waals surface area contributed by atoms with Crippen LogP contribution in [0.15, 0.2) is 30.3 Å². The Balaban J connectivity index is 2.02. The van der Waals surface area contributed by atoms with E-state index in [1.165, 1.54) is 0 Å². The van der Waals surface area contributed by atoms with Gasteiger partial charge >= 0.3 is 5.97 Å². The summed E-state index contributed by atoms with van der Waals surface area (Å²) < 4.78 is 10.5. The summed E-state index contributed by atoms with van der Waals surface area (Å²) in [6.07, 6.45) is 3.10. The monoisotopic (exact) mass is 236 g/mol. The minimum atomic E-state index is -0.130. The molecule has 0 heterocycles. The summed E-state index contributed by atoms with van der Waals surface area (Å²) in [5.74, 6) is 0.710. The van der Waals surface area contributed by atoms with Gasteiger partial charge < -0.3 is 9.47 Å². The highest BCUT2D eigenvalue weighted by Gasteiger charge is 2.02. The van der Waals surface area contributed by atoms with Crippen molar-refractivity contribution >= 4 is 5.97 Å². The lowest BCUT2D eigenvalue weighted by Crippen LogP contribution is -2.08. The number of esters is 1. The standard InChI is InChI=1S/C14H20O3/c1-2-3-11-17-14(15)10-7-12-16-13-8-5-4-6-9-13/h4-6,8-9H,2-3,7,10-12H2,1H3. The Bertz CT molecular complexity index is 309. The van der Waals surface area contributed by atoms with Gasteiger partial charge in [0.1, 0.15) is 5.75 Å². The number of benzene rings is 1. The van der Waals surface area contributed by atoms with E-state index in [2.05, 4.69) is 6.92 Å². The first-order valence-electron chi connectivity index (χ1n) is 6.16. The number of carbonyl (C=O) groups excluding carboxylic acids is 1. The zero-order valence-corrected chi connectivity index (χ0v) is 10.4. The third-order valence-corrected chi connectivity index (χ3v) is 2.30. The molecule has 94 valence electrons. The van der Waals surface area contributed by atoms with E-state index in [0.29, 0.717) is 26.1 Å². The summed E-state index contributed by atoms with van der Waals surface area (Å²) in [7, 11) is 0. The molecule has 17 heavy (non-hydrogen) atoms. The molecular formula is C14H20O3. The molecule has 0 N–H and O–H groups in total. The zero-order chi connectivity index (χ0) is 12.3. The molecule has 0 saturated heterocycles. The predicted octanol–water partition coefficient (Wildman–Crippen LogP) is 3.19. The zero-order valence-electron chi connectivity index (χ0n) is 10.4. The van der Waals surface area contributed by atoms with Crippen molar-refractivity contribution in [3.05, 3.63) is 30.3 Å². The predicted molar refractivity (Wildman–Crippen MR) is 67.0 cm³/mol. The van der Waals surface area contributed by atoms with E-state index in [0.717, 1.165) is 18.6 Å². The number of hydrogen-bond acceptors (Lipinski definition) is 3. The fourth-order valence-corrected chi connectivity index (χ4v) is 1.33. The Morgan fingerprint density at radius 2 is 1.88 bits per heavy atom. The second kappa shape index (κ2) is 8.62. The lowest BCUT2D eigenvalue weighted by molar-refractivity contribution is -0.144. The van der Waals surface area contributed by atoms with E-state index in [1.54, 1.807) is 0 Å². The van der Waals surface area contributed by atoms with Crippen molar-refractivity contribution in [2.45, 2.75) is 32.6 Å². The van der Waals surface area contributed by atoms with Crippen molar-refractivity contribution in [3.8, 4) is 5.75 Å². The summed E-state index contributed by atoms with van der Waals surface area (Å²) in [5.41, 5.74) is 0. The van der Waals surface area contributed by atoms with Crippen LogP contribution in [0.3, 0.4) is 0 Å². The molecule has 0 aliphatic rings. The summed E-state index contributed by atoms with van der Waals surface area (Å²) >= 11 is 0. The smallest absolute Gasteiger partial charge is 0.305 e. The van der Waals surface area contributed by atoms with Gasteiger partial charge in [-0.05, 0) is 25.0 Å². The highest BCUT2D eigenvalue weighted by Crippen LogP contribution is 2.08. The van der Waals surface area contributed by atoms with Crippen LogP contribution in [0, 0.1) is 0 Å². The summed E-state index contributed by atoms with van der Waals surface area (Å²) in [6.45, 7) is 3.16. The minimum absolute atomic E-state index is 0.130. The normalized spacial score (nSPS) is 9.94. The van der Waals surface area contributed by atoms with Crippen molar-refractivity contribution < 1.29 is 14.3 Å². The van der Waals surface area contributed by atoms with Crippen LogP contribution < -0.4 is 4.74 Å². The largest absolute Gasteiger partial charge is 0.494 e. The maximum absolute atomic E-state index is 11.3. The van der Waals surface area contributed by atoms with Gasteiger partial charge in [0.25, 0.3) is 0 Å². The van der Waals surface area contributed by atoms with Crippen LogP contribution in [0.2, 0.25) is 0 Å². The molecule has 0 radical (unpaired) electrons. The van der Waals surface area contributed by atoms with E-state index in [1.807, 2.05) is 30.3 Å². The lowest BCUT2D eigenvalue weighted by atomic mass is 10.3. The van der Waals surface area contributed by atoms with Gasteiger partial charge in [-0.1, -0.05) is 31.5 Å². The lowest BCUT2D eigenvalue weighted by Gasteiger charge is -2.06. The van der Waals surface area contributed by atoms with Gasteiger partial charge in [-0.15, -0.1) is 0 Å². The Kier molecular flexibility index (Phi) is 6.87.